The number of carbonyl (C=O) groups is 3. The molecule has 0 bridgehead atoms. The Morgan fingerprint density at radius 1 is 1.11 bits per heavy atom. The number of fused-ring (bicyclic) bond motifs is 1. The van der Waals surface area contributed by atoms with Crippen molar-refractivity contribution in [1.29, 1.82) is 0 Å². The molecular formula is C33H39BrN4O9. The second-order valence-corrected chi connectivity index (χ2v) is 11.8. The first-order valence-electron chi connectivity index (χ1n) is 15.2. The van der Waals surface area contributed by atoms with Gasteiger partial charge in [0.05, 0.1) is 34.0 Å². The summed E-state index contributed by atoms with van der Waals surface area (Å²) in [6.45, 7) is 1.75. The van der Waals surface area contributed by atoms with Gasteiger partial charge in [-0.25, -0.2) is 9.78 Å². The van der Waals surface area contributed by atoms with E-state index in [0.717, 1.165) is 0 Å². The number of Topliss-reactive ketones (excluding diaryl/α,β-unsaturated/α-hetero) is 1. The number of methoxy groups -OCH3 is 3. The fourth-order valence-electron chi connectivity index (χ4n) is 5.50. The Bertz CT molecular complexity index is 1610. The zero-order valence-electron chi connectivity index (χ0n) is 26.7. The van der Waals surface area contributed by atoms with Crippen molar-refractivity contribution in [3.63, 3.8) is 0 Å². The fraction of sp³-hybridized carbons (Fsp3) is 0.424. The number of ketones is 1. The van der Waals surface area contributed by atoms with Crippen LogP contribution in [0.4, 0.5) is 0 Å². The SMILES string of the molecule is COc1cc(C(CC(=O)NCc2nc(Br)n[nH]2)c2c(O)cc3c(c2O)C(=O)O[C@@H](C)CCCC(=O)CCCC=C3)cc(OC)c1OC. The van der Waals surface area contributed by atoms with Crippen LogP contribution in [0.1, 0.15) is 90.7 Å². The lowest BCUT2D eigenvalue weighted by Gasteiger charge is -2.24. The molecule has 2 aromatic carbocycles. The molecule has 14 heteroatoms. The molecule has 47 heavy (non-hydrogen) atoms. The number of aromatic hydroxyl groups is 2. The Balaban J connectivity index is 1.84. The van der Waals surface area contributed by atoms with Crippen molar-refractivity contribution in [2.24, 2.45) is 0 Å². The number of aromatic amines is 1. The number of allylic oxidation sites excluding steroid dienone is 1. The van der Waals surface area contributed by atoms with Gasteiger partial charge in [0.2, 0.25) is 16.4 Å². The van der Waals surface area contributed by atoms with Gasteiger partial charge in [-0.15, -0.1) is 5.10 Å². The van der Waals surface area contributed by atoms with Gasteiger partial charge in [-0.1, -0.05) is 12.2 Å². The van der Waals surface area contributed by atoms with Gasteiger partial charge >= 0.3 is 5.97 Å². The Hall–Kier alpha value is -4.59. The number of H-pyrrole nitrogens is 1. The molecule has 1 aliphatic heterocycles. The number of nitrogens with one attached hydrogen (secondary N) is 2. The zero-order valence-corrected chi connectivity index (χ0v) is 28.3. The standard InChI is InChI=1S/C33H39BrN4O9/c1-18-9-8-12-21(39)11-7-5-6-10-19-13-23(40)29(30(42)28(19)32(43)47-18)22(16-27(41)35-17-26-36-33(34)38-37-26)20-14-24(44-2)31(46-4)25(15-20)45-3/h6,10,13-15,18,22,40,42H,5,7-9,11-12,16-17H2,1-4H3,(H,35,41)(H,36,37,38)/t18-,22?/m0/s1. The average Bonchev–Trinajstić information content (AvgIpc) is 3.46. The van der Waals surface area contributed by atoms with E-state index >= 15 is 0 Å². The van der Waals surface area contributed by atoms with E-state index in [-0.39, 0.29) is 52.7 Å². The topological polar surface area (TPSA) is 182 Å². The maximum atomic E-state index is 13.6. The summed E-state index contributed by atoms with van der Waals surface area (Å²) in [5.41, 5.74) is 0.428. The normalized spacial score (nSPS) is 16.4. The number of amides is 1. The number of hydrogen-bond donors (Lipinski definition) is 4. The van der Waals surface area contributed by atoms with Crippen molar-refractivity contribution in [3.05, 3.63) is 57.1 Å². The van der Waals surface area contributed by atoms with Gasteiger partial charge in [-0.2, -0.15) is 0 Å². The number of rotatable bonds is 9. The van der Waals surface area contributed by atoms with Gasteiger partial charge in [-0.05, 0) is 77.9 Å². The van der Waals surface area contributed by atoms with Crippen molar-refractivity contribution in [1.82, 2.24) is 20.5 Å². The molecule has 3 aromatic rings. The summed E-state index contributed by atoms with van der Waals surface area (Å²) in [4.78, 5) is 43.4. The van der Waals surface area contributed by atoms with Crippen LogP contribution in [0.2, 0.25) is 0 Å². The third-order valence-electron chi connectivity index (χ3n) is 7.84. The summed E-state index contributed by atoms with van der Waals surface area (Å²) in [6.07, 6.45) is 5.61. The molecule has 4 rings (SSSR count). The molecule has 0 radical (unpaired) electrons. The molecule has 0 saturated carbocycles. The number of cyclic esters (lactones) is 1. The summed E-state index contributed by atoms with van der Waals surface area (Å²) < 4.78 is 22.6. The number of benzene rings is 2. The van der Waals surface area contributed by atoms with Crippen LogP contribution >= 0.6 is 15.9 Å². The second kappa shape index (κ2) is 16.3. The largest absolute Gasteiger partial charge is 0.507 e. The lowest BCUT2D eigenvalue weighted by Crippen LogP contribution is -2.26. The van der Waals surface area contributed by atoms with Crippen LogP contribution < -0.4 is 19.5 Å². The lowest BCUT2D eigenvalue weighted by atomic mass is 9.84. The minimum absolute atomic E-state index is 0.0299. The van der Waals surface area contributed by atoms with Gasteiger partial charge in [0, 0.05) is 30.7 Å². The third-order valence-corrected chi connectivity index (χ3v) is 8.19. The van der Waals surface area contributed by atoms with E-state index in [1.165, 1.54) is 27.4 Å². The molecule has 1 unspecified atom stereocenters. The molecule has 4 N–H and O–H groups in total. The predicted octanol–water partition coefficient (Wildman–Crippen LogP) is 5.32. The van der Waals surface area contributed by atoms with Crippen molar-refractivity contribution in [2.45, 2.75) is 70.4 Å². The molecule has 0 aliphatic carbocycles. The van der Waals surface area contributed by atoms with E-state index < -0.39 is 29.6 Å². The van der Waals surface area contributed by atoms with Gasteiger partial charge < -0.3 is 34.5 Å². The van der Waals surface area contributed by atoms with Gasteiger partial charge in [0.15, 0.2) is 11.5 Å². The number of halogens is 1. The van der Waals surface area contributed by atoms with Crippen molar-refractivity contribution >= 4 is 39.7 Å². The molecule has 1 aromatic heterocycles. The fourth-order valence-corrected chi connectivity index (χ4v) is 5.80. The first-order chi connectivity index (χ1) is 22.6. The number of aromatic nitrogens is 3. The quantitative estimate of drug-likeness (QED) is 0.210. The minimum atomic E-state index is -1.01. The number of esters is 1. The molecule has 252 valence electrons. The molecule has 0 fully saturated rings. The minimum Gasteiger partial charge on any atom is -0.507 e. The summed E-state index contributed by atoms with van der Waals surface area (Å²) in [6, 6.07) is 4.58. The monoisotopic (exact) mass is 714 g/mol. The first kappa shape index (κ1) is 35.3. The number of hydrogen-bond acceptors (Lipinski definition) is 11. The van der Waals surface area contributed by atoms with Crippen molar-refractivity contribution < 1.29 is 43.5 Å². The van der Waals surface area contributed by atoms with Crippen LogP contribution in [0.15, 0.2) is 29.0 Å². The number of phenolic OH excluding ortho intramolecular Hbond substituents is 2. The van der Waals surface area contributed by atoms with E-state index in [9.17, 15) is 24.6 Å². The number of carbonyl (C=O) groups excluding carboxylic acids is 3. The maximum absolute atomic E-state index is 13.6. The lowest BCUT2D eigenvalue weighted by molar-refractivity contribution is -0.121. The van der Waals surface area contributed by atoms with Crippen LogP contribution in [-0.2, 0) is 20.9 Å². The Labute approximate surface area is 280 Å². The predicted molar refractivity (Wildman–Crippen MR) is 175 cm³/mol. The third kappa shape index (κ3) is 8.82. The van der Waals surface area contributed by atoms with E-state index in [4.69, 9.17) is 18.9 Å². The van der Waals surface area contributed by atoms with E-state index in [1.807, 2.05) is 0 Å². The average molecular weight is 716 g/mol. The molecule has 2 atom stereocenters. The maximum Gasteiger partial charge on any atom is 0.342 e. The van der Waals surface area contributed by atoms with Gasteiger partial charge in [-0.3, -0.25) is 14.7 Å². The molecule has 0 spiro atoms. The van der Waals surface area contributed by atoms with E-state index in [1.54, 1.807) is 31.2 Å². The summed E-state index contributed by atoms with van der Waals surface area (Å²) >= 11 is 3.16. The second-order valence-electron chi connectivity index (χ2n) is 11.1. The molecule has 1 amide bonds. The van der Waals surface area contributed by atoms with Crippen molar-refractivity contribution in [2.75, 3.05) is 21.3 Å². The molecule has 0 saturated heterocycles. The van der Waals surface area contributed by atoms with Gasteiger partial charge in [0.1, 0.15) is 28.7 Å². The highest BCUT2D eigenvalue weighted by Gasteiger charge is 2.32. The van der Waals surface area contributed by atoms with Crippen molar-refractivity contribution in [3.8, 4) is 28.7 Å². The summed E-state index contributed by atoms with van der Waals surface area (Å²) in [5, 5.41) is 32.7. The highest BCUT2D eigenvalue weighted by atomic mass is 79.9. The van der Waals surface area contributed by atoms with Crippen LogP contribution in [0, 0.1) is 0 Å². The summed E-state index contributed by atoms with van der Waals surface area (Å²) in [5.74, 6) is -1.72. The molecule has 2 heterocycles. The molecular weight excluding hydrogens is 676 g/mol. The summed E-state index contributed by atoms with van der Waals surface area (Å²) in [7, 11) is 4.34. The van der Waals surface area contributed by atoms with Crippen LogP contribution in [0.25, 0.3) is 6.08 Å². The smallest absolute Gasteiger partial charge is 0.342 e. The van der Waals surface area contributed by atoms with Crippen LogP contribution in [0.5, 0.6) is 28.7 Å². The van der Waals surface area contributed by atoms with Gasteiger partial charge in [0.25, 0.3) is 0 Å². The molecule has 13 nitrogen and oxygen atoms in total. The van der Waals surface area contributed by atoms with Crippen LogP contribution in [-0.4, -0.2) is 70.5 Å². The highest BCUT2D eigenvalue weighted by Crippen LogP contribution is 2.47. The number of nitrogens with zero attached hydrogens (tertiary/aromatic N) is 2. The van der Waals surface area contributed by atoms with E-state index in [0.29, 0.717) is 60.4 Å². The van der Waals surface area contributed by atoms with Crippen LogP contribution in [0.3, 0.4) is 0 Å². The highest BCUT2D eigenvalue weighted by molar-refractivity contribution is 9.10. The Kier molecular flexibility index (Phi) is 12.2. The zero-order chi connectivity index (χ0) is 34.1. The number of phenols is 2. The Morgan fingerprint density at radius 2 is 1.81 bits per heavy atom. The van der Waals surface area contributed by atoms with E-state index in [2.05, 4.69) is 36.4 Å². The molecule has 1 aliphatic rings. The first-order valence-corrected chi connectivity index (χ1v) is 16.0. The number of ether oxygens (including phenoxy) is 4. The Morgan fingerprint density at radius 3 is 2.45 bits per heavy atom.